The molecule has 5 nitrogen and oxygen atoms in total. The molecule has 1 aromatic rings. The number of benzene rings is 1. The van der Waals surface area contributed by atoms with Crippen molar-refractivity contribution in [2.75, 3.05) is 19.8 Å². The van der Waals surface area contributed by atoms with Crippen LogP contribution in [0, 0.1) is 0 Å². The standard InChI is InChI=1S/C22H32N2O3/c1-2-17-3-5-18(6-4-17)15-24(20-7-8-20)16-21(25)23-19-9-11-22(12-10-19)26-13-14-27-22/h3-6,19-20H,2,7-16H2,1H3,(H,23,25). The summed E-state index contributed by atoms with van der Waals surface area (Å²) in [5.41, 5.74) is 2.65. The molecule has 1 amide bonds. The van der Waals surface area contributed by atoms with E-state index in [9.17, 15) is 4.79 Å². The molecule has 1 N–H and O–H groups in total. The Morgan fingerprint density at radius 1 is 1.07 bits per heavy atom. The van der Waals surface area contributed by atoms with Gasteiger partial charge in [0.15, 0.2) is 5.79 Å². The third kappa shape index (κ3) is 4.89. The summed E-state index contributed by atoms with van der Waals surface area (Å²) in [6, 6.07) is 9.62. The van der Waals surface area contributed by atoms with Crippen LogP contribution in [0.15, 0.2) is 24.3 Å². The lowest BCUT2D eigenvalue weighted by Gasteiger charge is -2.35. The molecule has 4 rings (SSSR count). The Morgan fingerprint density at radius 3 is 2.30 bits per heavy atom. The highest BCUT2D eigenvalue weighted by Crippen LogP contribution is 2.35. The maximum atomic E-state index is 12.6. The Balaban J connectivity index is 1.26. The van der Waals surface area contributed by atoms with Crippen molar-refractivity contribution in [3.05, 3.63) is 35.4 Å². The molecule has 3 fully saturated rings. The van der Waals surface area contributed by atoms with E-state index in [1.54, 1.807) is 0 Å². The molecule has 0 aromatic heterocycles. The van der Waals surface area contributed by atoms with Crippen molar-refractivity contribution in [2.45, 2.75) is 76.3 Å². The molecular formula is C22H32N2O3. The fraction of sp³-hybridized carbons (Fsp3) is 0.682. The Hall–Kier alpha value is -1.43. The topological polar surface area (TPSA) is 50.8 Å². The summed E-state index contributed by atoms with van der Waals surface area (Å²) in [5, 5.41) is 3.25. The minimum atomic E-state index is -0.355. The summed E-state index contributed by atoms with van der Waals surface area (Å²) in [6.45, 7) is 4.93. The lowest BCUT2D eigenvalue weighted by Crippen LogP contribution is -2.47. The first-order valence-electron chi connectivity index (χ1n) is 10.5. The second-order valence-electron chi connectivity index (χ2n) is 8.26. The molecule has 1 spiro atoms. The smallest absolute Gasteiger partial charge is 0.234 e. The van der Waals surface area contributed by atoms with Crippen LogP contribution in [0.2, 0.25) is 0 Å². The average Bonchev–Trinajstić information content (AvgIpc) is 3.44. The summed E-state index contributed by atoms with van der Waals surface area (Å²) in [4.78, 5) is 15.0. The molecule has 0 radical (unpaired) electrons. The number of hydrogen-bond acceptors (Lipinski definition) is 4. The summed E-state index contributed by atoms with van der Waals surface area (Å²) in [7, 11) is 0. The van der Waals surface area contributed by atoms with Crippen LogP contribution in [0.5, 0.6) is 0 Å². The summed E-state index contributed by atoms with van der Waals surface area (Å²) in [5.74, 6) is -0.201. The molecule has 3 aliphatic rings. The van der Waals surface area contributed by atoms with Gasteiger partial charge in [0.1, 0.15) is 0 Å². The first-order valence-corrected chi connectivity index (χ1v) is 10.5. The predicted octanol–water partition coefficient (Wildman–Crippen LogP) is 3.02. The second kappa shape index (κ2) is 8.29. The van der Waals surface area contributed by atoms with Gasteiger partial charge in [-0.25, -0.2) is 0 Å². The highest BCUT2D eigenvalue weighted by Gasteiger charge is 2.40. The van der Waals surface area contributed by atoms with E-state index in [1.165, 1.54) is 24.0 Å². The highest BCUT2D eigenvalue weighted by atomic mass is 16.7. The van der Waals surface area contributed by atoms with Crippen molar-refractivity contribution in [1.82, 2.24) is 10.2 Å². The van der Waals surface area contributed by atoms with E-state index in [4.69, 9.17) is 9.47 Å². The molecule has 0 atom stereocenters. The quantitative estimate of drug-likeness (QED) is 0.799. The van der Waals surface area contributed by atoms with E-state index >= 15 is 0 Å². The summed E-state index contributed by atoms with van der Waals surface area (Å²) in [6.07, 6.45) is 7.12. The summed E-state index contributed by atoms with van der Waals surface area (Å²) < 4.78 is 11.6. The van der Waals surface area contributed by atoms with Gasteiger partial charge >= 0.3 is 0 Å². The Bertz CT molecular complexity index is 625. The molecule has 148 valence electrons. The van der Waals surface area contributed by atoms with Crippen LogP contribution < -0.4 is 5.32 Å². The molecule has 2 saturated carbocycles. The van der Waals surface area contributed by atoms with Gasteiger partial charge in [0.05, 0.1) is 19.8 Å². The average molecular weight is 373 g/mol. The van der Waals surface area contributed by atoms with Gasteiger partial charge in [0, 0.05) is 31.5 Å². The maximum Gasteiger partial charge on any atom is 0.234 e. The zero-order chi connectivity index (χ0) is 18.7. The van der Waals surface area contributed by atoms with Gasteiger partial charge in [0.2, 0.25) is 5.91 Å². The number of nitrogens with one attached hydrogen (secondary N) is 1. The number of carbonyl (C=O) groups is 1. The Morgan fingerprint density at radius 2 is 1.70 bits per heavy atom. The zero-order valence-electron chi connectivity index (χ0n) is 16.4. The molecular weight excluding hydrogens is 340 g/mol. The van der Waals surface area contributed by atoms with Crippen LogP contribution >= 0.6 is 0 Å². The van der Waals surface area contributed by atoms with Crippen molar-refractivity contribution < 1.29 is 14.3 Å². The number of aryl methyl sites for hydroxylation is 1. The number of ether oxygens (including phenoxy) is 2. The van der Waals surface area contributed by atoms with Gasteiger partial charge in [-0.3, -0.25) is 9.69 Å². The van der Waals surface area contributed by atoms with E-state index in [-0.39, 0.29) is 17.7 Å². The first kappa shape index (κ1) is 18.9. The first-order chi connectivity index (χ1) is 13.2. The minimum Gasteiger partial charge on any atom is -0.352 e. The number of nitrogens with zero attached hydrogens (tertiary/aromatic N) is 1. The highest BCUT2D eigenvalue weighted by molar-refractivity contribution is 5.78. The van der Waals surface area contributed by atoms with Gasteiger partial charge in [-0.15, -0.1) is 0 Å². The van der Waals surface area contributed by atoms with Crippen molar-refractivity contribution >= 4 is 5.91 Å². The molecule has 1 aromatic carbocycles. The fourth-order valence-corrected chi connectivity index (χ4v) is 4.31. The van der Waals surface area contributed by atoms with Crippen LogP contribution in [0.25, 0.3) is 0 Å². The zero-order valence-corrected chi connectivity index (χ0v) is 16.4. The number of rotatable bonds is 7. The van der Waals surface area contributed by atoms with E-state index in [0.717, 1.165) is 38.6 Å². The second-order valence-corrected chi connectivity index (χ2v) is 8.26. The van der Waals surface area contributed by atoms with Crippen LogP contribution in [0.4, 0.5) is 0 Å². The minimum absolute atomic E-state index is 0.154. The van der Waals surface area contributed by atoms with Crippen molar-refractivity contribution in [3.8, 4) is 0 Å². The molecule has 0 unspecified atom stereocenters. The van der Waals surface area contributed by atoms with Crippen LogP contribution in [0.3, 0.4) is 0 Å². The SMILES string of the molecule is CCc1ccc(CN(CC(=O)NC2CCC3(CC2)OCCO3)C2CC2)cc1. The predicted molar refractivity (Wildman–Crippen MR) is 104 cm³/mol. The van der Waals surface area contributed by atoms with Crippen molar-refractivity contribution in [3.63, 3.8) is 0 Å². The largest absolute Gasteiger partial charge is 0.352 e. The maximum absolute atomic E-state index is 12.6. The van der Waals surface area contributed by atoms with Gasteiger partial charge in [-0.1, -0.05) is 31.2 Å². The van der Waals surface area contributed by atoms with Crippen molar-refractivity contribution in [2.24, 2.45) is 0 Å². The Kier molecular flexibility index (Phi) is 5.81. The number of hydrogen-bond donors (Lipinski definition) is 1. The van der Waals surface area contributed by atoms with Gasteiger partial charge in [-0.05, 0) is 43.2 Å². The Labute approximate surface area is 162 Å². The summed E-state index contributed by atoms with van der Waals surface area (Å²) >= 11 is 0. The molecule has 2 aliphatic carbocycles. The lowest BCUT2D eigenvalue weighted by atomic mass is 9.90. The normalized spacial score (nSPS) is 22.4. The van der Waals surface area contributed by atoms with E-state index in [2.05, 4.69) is 41.4 Å². The molecule has 27 heavy (non-hydrogen) atoms. The van der Waals surface area contributed by atoms with Crippen LogP contribution in [-0.4, -0.2) is 48.4 Å². The third-order valence-corrected chi connectivity index (χ3v) is 6.15. The molecule has 0 bridgehead atoms. The van der Waals surface area contributed by atoms with Crippen LogP contribution in [0.1, 0.15) is 56.6 Å². The third-order valence-electron chi connectivity index (χ3n) is 6.15. The number of amides is 1. The van der Waals surface area contributed by atoms with Gasteiger partial charge in [0.25, 0.3) is 0 Å². The van der Waals surface area contributed by atoms with E-state index in [1.807, 2.05) is 0 Å². The number of carbonyl (C=O) groups excluding carboxylic acids is 1. The van der Waals surface area contributed by atoms with Gasteiger partial charge in [-0.2, -0.15) is 0 Å². The van der Waals surface area contributed by atoms with E-state index < -0.39 is 0 Å². The molecule has 1 aliphatic heterocycles. The molecule has 1 heterocycles. The fourth-order valence-electron chi connectivity index (χ4n) is 4.31. The van der Waals surface area contributed by atoms with E-state index in [0.29, 0.717) is 25.8 Å². The van der Waals surface area contributed by atoms with Crippen molar-refractivity contribution in [1.29, 1.82) is 0 Å². The van der Waals surface area contributed by atoms with Crippen LogP contribution in [-0.2, 0) is 27.2 Å². The van der Waals surface area contributed by atoms with Gasteiger partial charge < -0.3 is 14.8 Å². The lowest BCUT2D eigenvalue weighted by molar-refractivity contribution is -0.180. The molecule has 1 saturated heterocycles. The monoisotopic (exact) mass is 372 g/mol. The molecule has 5 heteroatoms.